The van der Waals surface area contributed by atoms with Crippen molar-refractivity contribution in [3.05, 3.63) is 26.6 Å². The van der Waals surface area contributed by atoms with Gasteiger partial charge in [0.1, 0.15) is 4.83 Å². The van der Waals surface area contributed by atoms with Gasteiger partial charge in [-0.2, -0.15) is 0 Å². The molecule has 1 aliphatic carbocycles. The van der Waals surface area contributed by atoms with Crippen molar-refractivity contribution in [2.24, 2.45) is 11.8 Å². The molecule has 3 atom stereocenters. The highest BCUT2D eigenvalue weighted by Crippen LogP contribution is 2.35. The Morgan fingerprint density at radius 2 is 2.16 bits per heavy atom. The van der Waals surface area contributed by atoms with E-state index in [2.05, 4.69) is 18.8 Å². The third-order valence-corrected chi connectivity index (χ3v) is 5.62. The van der Waals surface area contributed by atoms with Crippen molar-refractivity contribution >= 4 is 33.8 Å². The van der Waals surface area contributed by atoms with Crippen molar-refractivity contribution in [1.82, 2.24) is 9.55 Å². The molecule has 1 saturated carbocycles. The van der Waals surface area contributed by atoms with Gasteiger partial charge in [-0.05, 0) is 54.8 Å². The molecule has 2 aromatic rings. The van der Waals surface area contributed by atoms with Crippen LogP contribution in [-0.2, 0) is 0 Å². The smallest absolute Gasteiger partial charge is 0.263 e. The summed E-state index contributed by atoms with van der Waals surface area (Å²) in [7, 11) is 0. The minimum Gasteiger partial charge on any atom is -0.323 e. The van der Waals surface area contributed by atoms with E-state index in [1.807, 2.05) is 16.0 Å². The largest absolute Gasteiger partial charge is 0.323 e. The van der Waals surface area contributed by atoms with E-state index in [1.165, 1.54) is 17.8 Å². The molecule has 0 spiro atoms. The lowest BCUT2D eigenvalue weighted by molar-refractivity contribution is 0.206. The predicted octanol–water partition coefficient (Wildman–Crippen LogP) is 4.12. The van der Waals surface area contributed by atoms with Gasteiger partial charge in [0.2, 0.25) is 0 Å². The van der Waals surface area contributed by atoms with Gasteiger partial charge >= 0.3 is 0 Å². The third-order valence-electron chi connectivity index (χ3n) is 4.49. The Balaban J connectivity index is 2.10. The lowest BCUT2D eigenvalue weighted by atomic mass is 9.79. The first-order valence-electron chi connectivity index (χ1n) is 6.80. The van der Waals surface area contributed by atoms with Gasteiger partial charge in [-0.1, -0.05) is 13.8 Å². The van der Waals surface area contributed by atoms with Gasteiger partial charge < -0.3 is 4.98 Å². The highest BCUT2D eigenvalue weighted by atomic mass is 32.1. The molecule has 1 N–H and O–H groups in total. The van der Waals surface area contributed by atoms with Crippen LogP contribution in [0.4, 0.5) is 0 Å². The van der Waals surface area contributed by atoms with Crippen molar-refractivity contribution in [2.75, 3.05) is 0 Å². The number of nitrogens with one attached hydrogen (secondary N) is 1. The number of thiophene rings is 1. The van der Waals surface area contributed by atoms with Crippen molar-refractivity contribution in [1.29, 1.82) is 0 Å². The van der Waals surface area contributed by atoms with Crippen LogP contribution in [-0.4, -0.2) is 9.55 Å². The monoisotopic (exact) mass is 294 g/mol. The number of hydrogen-bond acceptors (Lipinski definition) is 3. The maximum atomic E-state index is 12.6. The van der Waals surface area contributed by atoms with E-state index < -0.39 is 0 Å². The molecule has 1 aliphatic rings. The summed E-state index contributed by atoms with van der Waals surface area (Å²) in [6.45, 7) is 4.57. The van der Waals surface area contributed by atoms with Gasteiger partial charge in [-0.15, -0.1) is 11.3 Å². The van der Waals surface area contributed by atoms with E-state index >= 15 is 0 Å². The number of H-pyrrole nitrogens is 1. The highest BCUT2D eigenvalue weighted by molar-refractivity contribution is 7.71. The molecule has 0 radical (unpaired) electrons. The van der Waals surface area contributed by atoms with Gasteiger partial charge in [0, 0.05) is 6.04 Å². The number of fused-ring (bicyclic) bond motifs is 1. The van der Waals surface area contributed by atoms with Crippen LogP contribution in [0.2, 0.25) is 0 Å². The second-order valence-corrected chi connectivity index (χ2v) is 6.99. The standard InChI is InChI=1S/C14H18N2OS2/c1-8-3-4-10(7-9(8)2)16-13(17)11-5-6-19-12(11)15-14(16)18/h5-6,8-10H,3-4,7H2,1-2H3,(H,15,18). The topological polar surface area (TPSA) is 37.8 Å². The molecule has 0 saturated heterocycles. The maximum Gasteiger partial charge on any atom is 0.263 e. The van der Waals surface area contributed by atoms with E-state index in [4.69, 9.17) is 12.2 Å². The summed E-state index contributed by atoms with van der Waals surface area (Å²) >= 11 is 6.93. The molecule has 0 aromatic carbocycles. The molecule has 102 valence electrons. The quantitative estimate of drug-likeness (QED) is 0.803. The van der Waals surface area contributed by atoms with E-state index in [0.29, 0.717) is 10.7 Å². The Morgan fingerprint density at radius 3 is 2.89 bits per heavy atom. The van der Waals surface area contributed by atoms with E-state index in [9.17, 15) is 4.79 Å². The molecular formula is C14H18N2OS2. The molecular weight excluding hydrogens is 276 g/mol. The van der Waals surface area contributed by atoms with Crippen LogP contribution < -0.4 is 5.56 Å². The Kier molecular flexibility index (Phi) is 3.35. The average Bonchev–Trinajstić information content (AvgIpc) is 2.82. The summed E-state index contributed by atoms with van der Waals surface area (Å²) in [5, 5.41) is 2.71. The maximum absolute atomic E-state index is 12.6. The third kappa shape index (κ3) is 2.19. The van der Waals surface area contributed by atoms with Crippen molar-refractivity contribution in [3.63, 3.8) is 0 Å². The molecule has 3 rings (SSSR count). The Hall–Kier alpha value is -0.940. The molecule has 0 bridgehead atoms. The second kappa shape index (κ2) is 4.87. The zero-order valence-electron chi connectivity index (χ0n) is 11.2. The minimum absolute atomic E-state index is 0.0757. The normalized spacial score (nSPS) is 27.8. The molecule has 3 unspecified atom stereocenters. The Labute approximate surface area is 121 Å². The predicted molar refractivity (Wildman–Crippen MR) is 82.5 cm³/mol. The number of hydrogen-bond donors (Lipinski definition) is 1. The summed E-state index contributed by atoms with van der Waals surface area (Å²) in [4.78, 5) is 16.7. The second-order valence-electron chi connectivity index (χ2n) is 5.69. The molecule has 2 heterocycles. The number of rotatable bonds is 1. The fourth-order valence-corrected chi connectivity index (χ4v) is 4.22. The fraction of sp³-hybridized carbons (Fsp3) is 0.571. The first kappa shape index (κ1) is 13.1. The molecule has 19 heavy (non-hydrogen) atoms. The molecule has 5 heteroatoms. The molecule has 0 amide bonds. The molecule has 2 aromatic heterocycles. The van der Waals surface area contributed by atoms with Crippen LogP contribution in [0.15, 0.2) is 16.2 Å². The summed E-state index contributed by atoms with van der Waals surface area (Å²) < 4.78 is 2.39. The zero-order chi connectivity index (χ0) is 13.6. The number of aromatic nitrogens is 2. The highest BCUT2D eigenvalue weighted by Gasteiger charge is 2.27. The first-order valence-corrected chi connectivity index (χ1v) is 8.08. The minimum atomic E-state index is 0.0757. The fourth-order valence-electron chi connectivity index (χ4n) is 3.04. The van der Waals surface area contributed by atoms with Crippen molar-refractivity contribution in [2.45, 2.75) is 39.2 Å². The summed E-state index contributed by atoms with van der Waals surface area (Å²) in [6.07, 6.45) is 3.28. The van der Waals surface area contributed by atoms with E-state index in [-0.39, 0.29) is 11.6 Å². The van der Waals surface area contributed by atoms with E-state index in [0.717, 1.165) is 29.0 Å². The van der Waals surface area contributed by atoms with Gasteiger partial charge in [-0.3, -0.25) is 9.36 Å². The Morgan fingerprint density at radius 1 is 1.37 bits per heavy atom. The van der Waals surface area contributed by atoms with Crippen LogP contribution in [0, 0.1) is 16.6 Å². The van der Waals surface area contributed by atoms with Crippen LogP contribution in [0.3, 0.4) is 0 Å². The lowest BCUT2D eigenvalue weighted by Crippen LogP contribution is -2.31. The average molecular weight is 294 g/mol. The number of aromatic amines is 1. The summed E-state index contributed by atoms with van der Waals surface area (Å²) in [5.74, 6) is 1.40. The zero-order valence-corrected chi connectivity index (χ0v) is 12.8. The van der Waals surface area contributed by atoms with Gasteiger partial charge in [-0.25, -0.2) is 0 Å². The molecule has 0 aliphatic heterocycles. The van der Waals surface area contributed by atoms with Gasteiger partial charge in [0.15, 0.2) is 4.77 Å². The first-order chi connectivity index (χ1) is 9.08. The SMILES string of the molecule is CC1CCC(n2c(=S)[nH]c3sccc3c2=O)CC1C. The van der Waals surface area contributed by atoms with Crippen molar-refractivity contribution in [3.8, 4) is 0 Å². The van der Waals surface area contributed by atoms with Gasteiger partial charge in [0.05, 0.1) is 5.39 Å². The van der Waals surface area contributed by atoms with E-state index in [1.54, 1.807) is 0 Å². The molecule has 3 nitrogen and oxygen atoms in total. The van der Waals surface area contributed by atoms with Crippen LogP contribution in [0.1, 0.15) is 39.2 Å². The van der Waals surface area contributed by atoms with Crippen LogP contribution in [0.5, 0.6) is 0 Å². The lowest BCUT2D eigenvalue weighted by Gasteiger charge is -2.33. The molecule has 1 fully saturated rings. The number of nitrogens with zero attached hydrogens (tertiary/aromatic N) is 1. The Bertz CT molecular complexity index is 712. The van der Waals surface area contributed by atoms with Crippen LogP contribution >= 0.6 is 23.6 Å². The van der Waals surface area contributed by atoms with Crippen molar-refractivity contribution < 1.29 is 0 Å². The van der Waals surface area contributed by atoms with Crippen LogP contribution in [0.25, 0.3) is 10.2 Å². The summed E-state index contributed by atoms with van der Waals surface area (Å²) in [6, 6.07) is 2.14. The summed E-state index contributed by atoms with van der Waals surface area (Å²) in [5.41, 5.74) is 0.0757. The van der Waals surface area contributed by atoms with Gasteiger partial charge in [0.25, 0.3) is 5.56 Å².